The van der Waals surface area contributed by atoms with Crippen LogP contribution in [0.5, 0.6) is 0 Å². The van der Waals surface area contributed by atoms with Gasteiger partial charge in [-0.15, -0.1) is 0 Å². The van der Waals surface area contributed by atoms with Crippen molar-refractivity contribution in [2.45, 2.75) is 13.1 Å². The van der Waals surface area contributed by atoms with Gasteiger partial charge in [-0.1, -0.05) is 12.1 Å². The van der Waals surface area contributed by atoms with Gasteiger partial charge in [-0.05, 0) is 48.9 Å². The van der Waals surface area contributed by atoms with Crippen LogP contribution in [0, 0.1) is 6.92 Å². The monoisotopic (exact) mass is 346 g/mol. The smallest absolute Gasteiger partial charge is 0.416 e. The predicted octanol–water partition coefficient (Wildman–Crippen LogP) is 4.92. The number of furan rings is 1. The molecule has 0 radical (unpaired) electrons. The van der Waals surface area contributed by atoms with E-state index in [9.17, 15) is 18.0 Å². The van der Waals surface area contributed by atoms with E-state index in [2.05, 4.69) is 10.3 Å². The van der Waals surface area contributed by atoms with E-state index < -0.39 is 17.6 Å². The lowest BCUT2D eigenvalue weighted by atomic mass is 10.1. The first-order valence-electron chi connectivity index (χ1n) is 7.34. The first kappa shape index (κ1) is 16.8. The van der Waals surface area contributed by atoms with Gasteiger partial charge >= 0.3 is 6.18 Å². The maximum absolute atomic E-state index is 12.8. The summed E-state index contributed by atoms with van der Waals surface area (Å²) >= 11 is 0. The summed E-state index contributed by atoms with van der Waals surface area (Å²) in [6, 6.07) is 11.1. The Balaban J connectivity index is 1.82. The molecule has 128 valence electrons. The number of pyridine rings is 1. The largest absolute Gasteiger partial charge is 0.451 e. The highest BCUT2D eigenvalue weighted by molar-refractivity contribution is 6.02. The molecule has 0 aliphatic carbocycles. The third-order valence-electron chi connectivity index (χ3n) is 3.46. The van der Waals surface area contributed by atoms with Gasteiger partial charge in [-0.3, -0.25) is 4.79 Å². The van der Waals surface area contributed by atoms with E-state index in [4.69, 9.17) is 4.42 Å². The van der Waals surface area contributed by atoms with Crippen molar-refractivity contribution in [2.75, 3.05) is 5.32 Å². The average Bonchev–Trinajstić information content (AvgIpc) is 3.04. The first-order valence-corrected chi connectivity index (χ1v) is 7.34. The zero-order valence-corrected chi connectivity index (χ0v) is 13.1. The molecule has 0 aliphatic rings. The Kier molecular flexibility index (Phi) is 4.31. The molecule has 0 saturated heterocycles. The first-order chi connectivity index (χ1) is 11.8. The second kappa shape index (κ2) is 6.43. The molecule has 0 saturated carbocycles. The van der Waals surface area contributed by atoms with Crippen LogP contribution in [0.4, 0.5) is 19.0 Å². The Morgan fingerprint density at radius 3 is 2.64 bits per heavy atom. The predicted molar refractivity (Wildman–Crippen MR) is 86.1 cm³/mol. The number of amides is 1. The van der Waals surface area contributed by atoms with Crippen molar-refractivity contribution in [3.63, 3.8) is 0 Å². The van der Waals surface area contributed by atoms with Crippen molar-refractivity contribution in [3.05, 3.63) is 71.6 Å². The van der Waals surface area contributed by atoms with Gasteiger partial charge in [0.15, 0.2) is 5.76 Å². The highest BCUT2D eigenvalue weighted by Crippen LogP contribution is 2.32. The highest BCUT2D eigenvalue weighted by atomic mass is 19.4. The summed E-state index contributed by atoms with van der Waals surface area (Å²) in [4.78, 5) is 16.2. The second-order valence-corrected chi connectivity index (χ2v) is 5.42. The zero-order chi connectivity index (χ0) is 18.0. The number of nitrogens with one attached hydrogen (secondary N) is 1. The Bertz CT molecular complexity index is 916. The number of aryl methyl sites for hydroxylation is 1. The number of hydrogen-bond donors (Lipinski definition) is 1. The third-order valence-corrected chi connectivity index (χ3v) is 3.46. The maximum Gasteiger partial charge on any atom is 0.416 e. The van der Waals surface area contributed by atoms with Gasteiger partial charge in [0.2, 0.25) is 0 Å². The molecule has 0 bridgehead atoms. The summed E-state index contributed by atoms with van der Waals surface area (Å²) in [6.45, 7) is 1.86. The standard InChI is InChI=1S/C18H13F3N2O2/c1-11-7-8-22-16(9-11)23-17(24)15-6-5-14(25-15)12-3-2-4-13(10-12)18(19,20)21/h2-10H,1H3,(H,22,23,24). The van der Waals surface area contributed by atoms with Gasteiger partial charge in [-0.2, -0.15) is 13.2 Å². The summed E-state index contributed by atoms with van der Waals surface area (Å²) in [5, 5.41) is 2.58. The Labute approximate surface area is 141 Å². The van der Waals surface area contributed by atoms with E-state index in [-0.39, 0.29) is 17.1 Å². The van der Waals surface area contributed by atoms with E-state index in [1.54, 1.807) is 18.3 Å². The molecule has 1 N–H and O–H groups in total. The lowest BCUT2D eigenvalue weighted by Crippen LogP contribution is -2.11. The van der Waals surface area contributed by atoms with Crippen LogP contribution in [-0.2, 0) is 6.18 Å². The molecule has 3 rings (SSSR count). The van der Waals surface area contributed by atoms with Gasteiger partial charge in [-0.25, -0.2) is 4.98 Å². The Hall–Kier alpha value is -3.09. The van der Waals surface area contributed by atoms with Crippen LogP contribution in [0.25, 0.3) is 11.3 Å². The van der Waals surface area contributed by atoms with Crippen molar-refractivity contribution in [2.24, 2.45) is 0 Å². The van der Waals surface area contributed by atoms with E-state index >= 15 is 0 Å². The zero-order valence-electron chi connectivity index (χ0n) is 13.1. The molecule has 0 aliphatic heterocycles. The number of halogens is 3. The number of alkyl halides is 3. The average molecular weight is 346 g/mol. The van der Waals surface area contributed by atoms with Crippen LogP contribution in [0.2, 0.25) is 0 Å². The Morgan fingerprint density at radius 2 is 1.92 bits per heavy atom. The number of benzene rings is 1. The topological polar surface area (TPSA) is 55.1 Å². The Morgan fingerprint density at radius 1 is 1.12 bits per heavy atom. The molecular weight excluding hydrogens is 333 g/mol. The summed E-state index contributed by atoms with van der Waals surface area (Å²) < 4.78 is 43.8. The minimum atomic E-state index is -4.44. The number of rotatable bonds is 3. The fraction of sp³-hybridized carbons (Fsp3) is 0.111. The molecule has 7 heteroatoms. The van der Waals surface area contributed by atoms with Gasteiger partial charge in [0, 0.05) is 11.8 Å². The SMILES string of the molecule is Cc1ccnc(NC(=O)c2ccc(-c3cccc(C(F)(F)F)c3)o2)c1. The summed E-state index contributed by atoms with van der Waals surface area (Å²) in [5.74, 6) is -0.0116. The number of aromatic nitrogens is 1. The van der Waals surface area contributed by atoms with Crippen molar-refractivity contribution in [1.29, 1.82) is 0 Å². The molecule has 0 fully saturated rings. The summed E-state index contributed by atoms with van der Waals surface area (Å²) in [5.41, 5.74) is 0.383. The highest BCUT2D eigenvalue weighted by Gasteiger charge is 2.30. The van der Waals surface area contributed by atoms with Crippen LogP contribution < -0.4 is 5.32 Å². The lowest BCUT2D eigenvalue weighted by Gasteiger charge is -2.07. The van der Waals surface area contributed by atoms with Crippen molar-refractivity contribution in [3.8, 4) is 11.3 Å². The van der Waals surface area contributed by atoms with Crippen molar-refractivity contribution < 1.29 is 22.4 Å². The molecule has 3 aromatic rings. The van der Waals surface area contributed by atoms with Crippen molar-refractivity contribution >= 4 is 11.7 Å². The van der Waals surface area contributed by atoms with Gasteiger partial charge in [0.25, 0.3) is 5.91 Å². The molecule has 0 spiro atoms. The van der Waals surface area contributed by atoms with Crippen LogP contribution in [0.3, 0.4) is 0 Å². The molecule has 25 heavy (non-hydrogen) atoms. The number of anilines is 1. The fourth-order valence-electron chi connectivity index (χ4n) is 2.25. The van der Waals surface area contributed by atoms with Crippen LogP contribution in [0.15, 0.2) is 59.1 Å². The fourth-order valence-corrected chi connectivity index (χ4v) is 2.25. The van der Waals surface area contributed by atoms with E-state index in [1.165, 1.54) is 24.3 Å². The maximum atomic E-state index is 12.8. The van der Waals surface area contributed by atoms with Gasteiger partial charge in [0.05, 0.1) is 5.56 Å². The second-order valence-electron chi connectivity index (χ2n) is 5.42. The molecule has 0 atom stereocenters. The van der Waals surface area contributed by atoms with Crippen LogP contribution in [0.1, 0.15) is 21.7 Å². The molecule has 2 heterocycles. The number of carbonyl (C=O) groups excluding carboxylic acids is 1. The summed E-state index contributed by atoms with van der Waals surface area (Å²) in [7, 11) is 0. The third kappa shape index (κ3) is 3.88. The minimum Gasteiger partial charge on any atom is -0.451 e. The van der Waals surface area contributed by atoms with E-state index in [0.29, 0.717) is 5.82 Å². The number of carbonyl (C=O) groups is 1. The van der Waals surface area contributed by atoms with Gasteiger partial charge < -0.3 is 9.73 Å². The molecule has 4 nitrogen and oxygen atoms in total. The van der Waals surface area contributed by atoms with E-state index in [1.807, 2.05) is 6.92 Å². The normalized spacial score (nSPS) is 11.4. The summed E-state index contributed by atoms with van der Waals surface area (Å²) in [6.07, 6.45) is -2.89. The molecule has 0 unspecified atom stereocenters. The molecule has 2 aromatic heterocycles. The van der Waals surface area contributed by atoms with E-state index in [0.717, 1.165) is 17.7 Å². The van der Waals surface area contributed by atoms with Crippen molar-refractivity contribution in [1.82, 2.24) is 4.98 Å². The van der Waals surface area contributed by atoms with Crippen LogP contribution >= 0.6 is 0 Å². The molecular formula is C18H13F3N2O2. The lowest BCUT2D eigenvalue weighted by molar-refractivity contribution is -0.137. The number of hydrogen-bond acceptors (Lipinski definition) is 3. The van der Waals surface area contributed by atoms with Crippen LogP contribution in [-0.4, -0.2) is 10.9 Å². The van der Waals surface area contributed by atoms with Gasteiger partial charge in [0.1, 0.15) is 11.6 Å². The quantitative estimate of drug-likeness (QED) is 0.732. The molecule has 1 aromatic carbocycles. The number of nitrogens with zero attached hydrogens (tertiary/aromatic N) is 1. The minimum absolute atomic E-state index is 0.0179. The molecule has 1 amide bonds.